The third-order valence-corrected chi connectivity index (χ3v) is 5.99. The van der Waals surface area contributed by atoms with E-state index in [2.05, 4.69) is 33.4 Å². The van der Waals surface area contributed by atoms with E-state index in [0.29, 0.717) is 18.9 Å². The summed E-state index contributed by atoms with van der Waals surface area (Å²) in [5.74, 6) is 3.44. The molecule has 2 aliphatic heterocycles. The number of aryl methyl sites for hydroxylation is 1. The highest BCUT2D eigenvalue weighted by atomic mass is 127. The normalized spacial score (nSPS) is 19.6. The number of amides is 1. The Balaban J connectivity index is 0.00000341. The summed E-state index contributed by atoms with van der Waals surface area (Å²) >= 11 is 0. The van der Waals surface area contributed by atoms with Gasteiger partial charge in [-0.3, -0.25) is 14.7 Å². The molecule has 1 aromatic heterocycles. The molecule has 2 fully saturated rings. The zero-order valence-electron chi connectivity index (χ0n) is 19.1. The number of nitrogens with one attached hydrogen (secondary N) is 2. The summed E-state index contributed by atoms with van der Waals surface area (Å²) in [6.45, 7) is 10.7. The summed E-state index contributed by atoms with van der Waals surface area (Å²) in [5.41, 5.74) is 0. The van der Waals surface area contributed by atoms with E-state index in [0.717, 1.165) is 76.3 Å². The lowest BCUT2D eigenvalue weighted by Crippen LogP contribution is -2.46. The first-order valence-electron chi connectivity index (χ1n) is 11.2. The summed E-state index contributed by atoms with van der Waals surface area (Å²) < 4.78 is 11.5. The summed E-state index contributed by atoms with van der Waals surface area (Å²) in [6, 6.07) is 4.21. The molecule has 0 radical (unpaired) electrons. The molecule has 1 atom stereocenters. The van der Waals surface area contributed by atoms with Gasteiger partial charge < -0.3 is 24.7 Å². The maximum Gasteiger partial charge on any atom is 0.220 e. The first-order valence-corrected chi connectivity index (χ1v) is 11.2. The van der Waals surface area contributed by atoms with Crippen molar-refractivity contribution in [1.82, 2.24) is 20.4 Å². The average molecular weight is 547 g/mol. The van der Waals surface area contributed by atoms with Gasteiger partial charge in [0.2, 0.25) is 5.91 Å². The Bertz CT molecular complexity index is 697. The fourth-order valence-corrected chi connectivity index (χ4v) is 4.22. The van der Waals surface area contributed by atoms with Gasteiger partial charge in [0.15, 0.2) is 5.96 Å². The molecule has 176 valence electrons. The molecule has 3 heterocycles. The van der Waals surface area contributed by atoms with E-state index in [4.69, 9.17) is 14.1 Å². The zero-order valence-corrected chi connectivity index (χ0v) is 21.4. The molecule has 2 saturated heterocycles. The number of nitrogens with zero attached hydrogens (tertiary/aromatic N) is 3. The van der Waals surface area contributed by atoms with Gasteiger partial charge in [-0.2, -0.15) is 0 Å². The molecule has 1 amide bonds. The van der Waals surface area contributed by atoms with Crippen LogP contribution in [0.15, 0.2) is 21.5 Å². The van der Waals surface area contributed by atoms with Crippen LogP contribution in [0.3, 0.4) is 0 Å². The van der Waals surface area contributed by atoms with Gasteiger partial charge in [0, 0.05) is 46.2 Å². The fourth-order valence-electron chi connectivity index (χ4n) is 4.22. The van der Waals surface area contributed by atoms with Gasteiger partial charge in [-0.1, -0.05) is 0 Å². The van der Waals surface area contributed by atoms with Crippen molar-refractivity contribution in [1.29, 1.82) is 0 Å². The highest BCUT2D eigenvalue weighted by Gasteiger charge is 2.27. The molecule has 8 nitrogen and oxygen atoms in total. The number of ether oxygens (including phenoxy) is 1. The van der Waals surface area contributed by atoms with Crippen LogP contribution in [0.5, 0.6) is 0 Å². The van der Waals surface area contributed by atoms with Crippen LogP contribution in [-0.2, 0) is 9.53 Å². The molecule has 1 unspecified atom stereocenters. The van der Waals surface area contributed by atoms with E-state index >= 15 is 0 Å². The van der Waals surface area contributed by atoms with Crippen molar-refractivity contribution in [2.75, 3.05) is 59.5 Å². The third kappa shape index (κ3) is 7.64. The van der Waals surface area contributed by atoms with Crippen LogP contribution in [0.4, 0.5) is 0 Å². The number of aliphatic imine (C=N–C) groups is 1. The second-order valence-electron chi connectivity index (χ2n) is 8.11. The van der Waals surface area contributed by atoms with E-state index < -0.39 is 0 Å². The Morgan fingerprint density at radius 3 is 2.52 bits per heavy atom. The molecule has 1 aromatic rings. The van der Waals surface area contributed by atoms with Gasteiger partial charge in [0.1, 0.15) is 11.5 Å². The van der Waals surface area contributed by atoms with Crippen molar-refractivity contribution in [3.8, 4) is 0 Å². The molecular weight excluding hydrogens is 509 g/mol. The molecule has 2 N–H and O–H groups in total. The Morgan fingerprint density at radius 2 is 1.94 bits per heavy atom. The van der Waals surface area contributed by atoms with Crippen LogP contribution in [-0.4, -0.2) is 81.2 Å². The Hall–Kier alpha value is -1.33. The van der Waals surface area contributed by atoms with E-state index in [1.807, 2.05) is 13.0 Å². The SMILES string of the molecule is CCNC(=NCC(c1ccc(C)o1)N1CCOCC1)N1CCC(CC(=O)NC)CC1.I. The van der Waals surface area contributed by atoms with Crippen molar-refractivity contribution in [3.63, 3.8) is 0 Å². The first kappa shape index (κ1) is 25.9. The standard InChI is InChI=1S/C22H37N5O3.HI/c1-4-24-22(27-9-7-18(8-10-27)15-21(28)23-3)25-16-19(20-6-5-17(2)30-20)26-11-13-29-14-12-26;/h5-6,18-19H,4,7-16H2,1-3H3,(H,23,28)(H,24,25);1H. The highest BCUT2D eigenvalue weighted by Crippen LogP contribution is 2.25. The monoisotopic (exact) mass is 547 g/mol. The van der Waals surface area contributed by atoms with Gasteiger partial charge >= 0.3 is 0 Å². The zero-order chi connectivity index (χ0) is 21.3. The Morgan fingerprint density at radius 1 is 1.23 bits per heavy atom. The summed E-state index contributed by atoms with van der Waals surface area (Å²) in [6.07, 6.45) is 2.65. The number of furan rings is 1. The summed E-state index contributed by atoms with van der Waals surface area (Å²) in [4.78, 5) is 21.4. The van der Waals surface area contributed by atoms with E-state index in [1.54, 1.807) is 7.05 Å². The summed E-state index contributed by atoms with van der Waals surface area (Å²) in [7, 11) is 1.71. The van der Waals surface area contributed by atoms with Crippen molar-refractivity contribution < 1.29 is 13.9 Å². The molecule has 0 aliphatic carbocycles. The summed E-state index contributed by atoms with van der Waals surface area (Å²) in [5, 5.41) is 6.19. The van der Waals surface area contributed by atoms with E-state index in [9.17, 15) is 4.79 Å². The lowest BCUT2D eigenvalue weighted by molar-refractivity contribution is -0.121. The smallest absolute Gasteiger partial charge is 0.220 e. The molecule has 31 heavy (non-hydrogen) atoms. The van der Waals surface area contributed by atoms with Crippen LogP contribution in [0.2, 0.25) is 0 Å². The third-order valence-electron chi connectivity index (χ3n) is 5.99. The van der Waals surface area contributed by atoms with Crippen LogP contribution in [0, 0.1) is 12.8 Å². The fraction of sp³-hybridized carbons (Fsp3) is 0.727. The number of piperidine rings is 1. The number of likely N-dealkylation sites (tertiary alicyclic amines) is 1. The van der Waals surface area contributed by atoms with Gasteiger partial charge in [-0.25, -0.2) is 0 Å². The lowest BCUT2D eigenvalue weighted by Gasteiger charge is -2.35. The van der Waals surface area contributed by atoms with Gasteiger partial charge in [0.05, 0.1) is 25.8 Å². The van der Waals surface area contributed by atoms with Gasteiger partial charge in [-0.05, 0) is 44.7 Å². The van der Waals surface area contributed by atoms with E-state index in [1.165, 1.54) is 0 Å². The highest BCUT2D eigenvalue weighted by molar-refractivity contribution is 14.0. The van der Waals surface area contributed by atoms with E-state index in [-0.39, 0.29) is 35.9 Å². The molecule has 2 aliphatic rings. The maximum absolute atomic E-state index is 11.7. The second kappa shape index (κ2) is 13.3. The first-order chi connectivity index (χ1) is 14.6. The predicted molar refractivity (Wildman–Crippen MR) is 133 cm³/mol. The number of rotatable bonds is 7. The van der Waals surface area contributed by atoms with Crippen LogP contribution in [0.25, 0.3) is 0 Å². The molecule has 0 bridgehead atoms. The number of hydrogen-bond donors (Lipinski definition) is 2. The number of carbonyl (C=O) groups is 1. The number of carbonyl (C=O) groups excluding carboxylic acids is 1. The van der Waals surface area contributed by atoms with Crippen LogP contribution >= 0.6 is 24.0 Å². The minimum absolute atomic E-state index is 0. The largest absolute Gasteiger partial charge is 0.465 e. The second-order valence-corrected chi connectivity index (χ2v) is 8.11. The molecular formula is C22H38IN5O3. The molecule has 0 spiro atoms. The topological polar surface area (TPSA) is 82.3 Å². The minimum atomic E-state index is 0. The molecule has 9 heteroatoms. The van der Waals surface area contributed by atoms with Crippen molar-refractivity contribution in [2.45, 2.75) is 39.2 Å². The molecule has 3 rings (SSSR count). The van der Waals surface area contributed by atoms with Crippen LogP contribution in [0.1, 0.15) is 43.7 Å². The molecule has 0 aromatic carbocycles. The number of hydrogen-bond acceptors (Lipinski definition) is 5. The Labute approximate surface area is 203 Å². The van der Waals surface area contributed by atoms with Crippen molar-refractivity contribution in [2.24, 2.45) is 10.9 Å². The minimum Gasteiger partial charge on any atom is -0.465 e. The quantitative estimate of drug-likeness (QED) is 0.310. The molecule has 0 saturated carbocycles. The number of guanidine groups is 1. The van der Waals surface area contributed by atoms with Crippen LogP contribution < -0.4 is 10.6 Å². The number of morpholine rings is 1. The Kier molecular flexibility index (Phi) is 11.1. The maximum atomic E-state index is 11.7. The van der Waals surface area contributed by atoms with Crippen molar-refractivity contribution >= 4 is 35.8 Å². The average Bonchev–Trinajstić information content (AvgIpc) is 3.20. The predicted octanol–water partition coefficient (Wildman–Crippen LogP) is 2.39. The lowest BCUT2D eigenvalue weighted by atomic mass is 9.93. The van der Waals surface area contributed by atoms with Gasteiger partial charge in [-0.15, -0.1) is 24.0 Å². The number of halogens is 1. The van der Waals surface area contributed by atoms with Crippen molar-refractivity contribution in [3.05, 3.63) is 23.7 Å². The van der Waals surface area contributed by atoms with Gasteiger partial charge in [0.25, 0.3) is 0 Å².